The van der Waals surface area contributed by atoms with Crippen LogP contribution in [0, 0.1) is 0 Å². The molecule has 2 rings (SSSR count). The number of halogens is 1. The first-order chi connectivity index (χ1) is 7.75. The van der Waals surface area contributed by atoms with Gasteiger partial charge < -0.3 is 0 Å². The summed E-state index contributed by atoms with van der Waals surface area (Å²) in [4.78, 5) is 0.413. The van der Waals surface area contributed by atoms with E-state index in [9.17, 15) is 0 Å². The van der Waals surface area contributed by atoms with E-state index in [1.807, 2.05) is 24.0 Å². The van der Waals surface area contributed by atoms with Crippen molar-refractivity contribution in [3.63, 3.8) is 0 Å². The Labute approximate surface area is 104 Å². The van der Waals surface area contributed by atoms with Crippen LogP contribution < -0.4 is 0 Å². The molecule has 0 fully saturated rings. The van der Waals surface area contributed by atoms with Gasteiger partial charge in [0, 0.05) is 18.1 Å². The molecule has 0 aliphatic carbocycles. The summed E-state index contributed by atoms with van der Waals surface area (Å²) in [5, 5.41) is 4.37. The highest BCUT2D eigenvalue weighted by Gasteiger charge is 2.07. The molecular weight excluding hydrogens is 264 g/mol. The molecule has 1 unspecified atom stereocenters. The molecule has 0 saturated heterocycles. The Morgan fingerprint density at radius 3 is 2.62 bits per heavy atom. The maximum atomic E-state index is 4.37. The summed E-state index contributed by atoms with van der Waals surface area (Å²) in [6.45, 7) is 0. The maximum absolute atomic E-state index is 4.37. The Bertz CT molecular complexity index is 436. The second-order valence-corrected chi connectivity index (χ2v) is 5.00. The first kappa shape index (κ1) is 11.4. The summed E-state index contributed by atoms with van der Waals surface area (Å²) in [5.74, 6) is 0. The lowest BCUT2D eigenvalue weighted by molar-refractivity contribution is 0.718. The highest BCUT2D eigenvalue weighted by atomic mass is 79.9. The quantitative estimate of drug-likeness (QED) is 0.783. The van der Waals surface area contributed by atoms with Crippen LogP contribution in [0.4, 0.5) is 0 Å². The summed E-state index contributed by atoms with van der Waals surface area (Å²) in [6.07, 6.45) is 4.06. The number of aromatic nitrogens is 2. The van der Waals surface area contributed by atoms with Gasteiger partial charge in [-0.15, -0.1) is 0 Å². The average Bonchev–Trinajstić information content (AvgIpc) is 2.73. The molecule has 0 N–H and O–H groups in total. The predicted octanol–water partition coefficient (Wildman–Crippen LogP) is 3.49. The van der Waals surface area contributed by atoms with Crippen molar-refractivity contribution in [2.24, 2.45) is 7.05 Å². The molecule has 0 saturated carbocycles. The van der Waals surface area contributed by atoms with E-state index in [4.69, 9.17) is 0 Å². The third-order valence-corrected chi connectivity index (χ3v) is 3.57. The lowest BCUT2D eigenvalue weighted by atomic mass is 10.1. The van der Waals surface area contributed by atoms with Gasteiger partial charge in [0.25, 0.3) is 0 Å². The standard InChI is InChI=1S/C13H15BrN2/c1-16-10-9-12(15-16)7-8-13(14)11-5-3-2-4-6-11/h2-6,9-10,13H,7-8H2,1H3. The van der Waals surface area contributed by atoms with E-state index >= 15 is 0 Å². The third-order valence-electron chi connectivity index (χ3n) is 2.58. The van der Waals surface area contributed by atoms with Gasteiger partial charge in [-0.2, -0.15) is 5.10 Å². The van der Waals surface area contributed by atoms with Crippen molar-refractivity contribution in [3.05, 3.63) is 53.9 Å². The average molecular weight is 279 g/mol. The summed E-state index contributed by atoms with van der Waals surface area (Å²) < 4.78 is 1.85. The van der Waals surface area contributed by atoms with E-state index in [1.54, 1.807) is 0 Å². The van der Waals surface area contributed by atoms with E-state index in [2.05, 4.69) is 51.4 Å². The zero-order valence-corrected chi connectivity index (χ0v) is 10.9. The Hall–Kier alpha value is -1.09. The third kappa shape index (κ3) is 2.95. The molecule has 3 heteroatoms. The van der Waals surface area contributed by atoms with Crippen molar-refractivity contribution >= 4 is 15.9 Å². The maximum Gasteiger partial charge on any atom is 0.0625 e. The fraction of sp³-hybridized carbons (Fsp3) is 0.308. The molecule has 0 bridgehead atoms. The zero-order valence-electron chi connectivity index (χ0n) is 9.31. The van der Waals surface area contributed by atoms with Gasteiger partial charge in [0.05, 0.1) is 5.69 Å². The van der Waals surface area contributed by atoms with Crippen molar-refractivity contribution in [2.45, 2.75) is 17.7 Å². The van der Waals surface area contributed by atoms with Crippen LogP contribution in [0.1, 0.15) is 22.5 Å². The molecule has 0 aliphatic rings. The number of hydrogen-bond acceptors (Lipinski definition) is 1. The van der Waals surface area contributed by atoms with Crippen LogP contribution in [0.5, 0.6) is 0 Å². The van der Waals surface area contributed by atoms with Crippen LogP contribution in [0.15, 0.2) is 42.6 Å². The fourth-order valence-corrected chi connectivity index (χ4v) is 2.23. The van der Waals surface area contributed by atoms with Crippen LogP contribution in [0.2, 0.25) is 0 Å². The summed E-state index contributed by atoms with van der Waals surface area (Å²) >= 11 is 3.72. The predicted molar refractivity (Wildman–Crippen MR) is 69.6 cm³/mol. The number of nitrogens with zero attached hydrogens (tertiary/aromatic N) is 2. The van der Waals surface area contributed by atoms with Crippen LogP contribution in [0.25, 0.3) is 0 Å². The second-order valence-electron chi connectivity index (χ2n) is 3.90. The van der Waals surface area contributed by atoms with E-state index in [0.717, 1.165) is 18.5 Å². The minimum atomic E-state index is 0.413. The molecule has 0 radical (unpaired) electrons. The Morgan fingerprint density at radius 1 is 1.25 bits per heavy atom. The van der Waals surface area contributed by atoms with Crippen LogP contribution in [-0.4, -0.2) is 9.78 Å². The highest BCUT2D eigenvalue weighted by Crippen LogP contribution is 2.27. The zero-order chi connectivity index (χ0) is 11.4. The minimum absolute atomic E-state index is 0.413. The van der Waals surface area contributed by atoms with Crippen molar-refractivity contribution in [3.8, 4) is 0 Å². The summed E-state index contributed by atoms with van der Waals surface area (Å²) in [5.41, 5.74) is 2.49. The van der Waals surface area contributed by atoms with Crippen molar-refractivity contribution < 1.29 is 0 Å². The van der Waals surface area contributed by atoms with Gasteiger partial charge in [-0.1, -0.05) is 46.3 Å². The molecule has 1 aromatic carbocycles. The lowest BCUT2D eigenvalue weighted by Crippen LogP contribution is -1.95. The van der Waals surface area contributed by atoms with Gasteiger partial charge in [-0.25, -0.2) is 0 Å². The van der Waals surface area contributed by atoms with Gasteiger partial charge in [-0.3, -0.25) is 4.68 Å². The SMILES string of the molecule is Cn1ccc(CCC(Br)c2ccccc2)n1. The van der Waals surface area contributed by atoms with Crippen molar-refractivity contribution in [1.29, 1.82) is 0 Å². The Balaban J connectivity index is 1.91. The Kier molecular flexibility index (Phi) is 3.78. The number of alkyl halides is 1. The molecule has 2 nitrogen and oxygen atoms in total. The molecule has 0 aliphatic heterocycles. The highest BCUT2D eigenvalue weighted by molar-refractivity contribution is 9.09. The number of aryl methyl sites for hydroxylation is 2. The van der Waals surface area contributed by atoms with Gasteiger partial charge >= 0.3 is 0 Å². The van der Waals surface area contributed by atoms with Gasteiger partial charge in [-0.05, 0) is 24.5 Å². The second kappa shape index (κ2) is 5.30. The molecule has 16 heavy (non-hydrogen) atoms. The molecule has 0 amide bonds. The van der Waals surface area contributed by atoms with Crippen LogP contribution >= 0.6 is 15.9 Å². The summed E-state index contributed by atoms with van der Waals surface area (Å²) in [7, 11) is 1.95. The van der Waals surface area contributed by atoms with E-state index < -0.39 is 0 Å². The molecule has 1 atom stereocenters. The number of hydrogen-bond donors (Lipinski definition) is 0. The lowest BCUT2D eigenvalue weighted by Gasteiger charge is -2.08. The number of benzene rings is 1. The summed E-state index contributed by atoms with van der Waals surface area (Å²) in [6, 6.07) is 12.6. The van der Waals surface area contributed by atoms with Crippen molar-refractivity contribution in [2.75, 3.05) is 0 Å². The number of rotatable bonds is 4. The first-order valence-corrected chi connectivity index (χ1v) is 6.35. The normalized spacial score (nSPS) is 12.6. The minimum Gasteiger partial charge on any atom is -0.276 e. The van der Waals surface area contributed by atoms with Gasteiger partial charge in [0.15, 0.2) is 0 Å². The van der Waals surface area contributed by atoms with E-state index in [-0.39, 0.29) is 0 Å². The molecule has 0 spiro atoms. The smallest absolute Gasteiger partial charge is 0.0625 e. The van der Waals surface area contributed by atoms with Gasteiger partial charge in [0.2, 0.25) is 0 Å². The molecule has 1 heterocycles. The largest absolute Gasteiger partial charge is 0.276 e. The topological polar surface area (TPSA) is 17.8 Å². The molecule has 2 aromatic rings. The van der Waals surface area contributed by atoms with E-state index in [0.29, 0.717) is 4.83 Å². The van der Waals surface area contributed by atoms with Crippen LogP contribution in [0.3, 0.4) is 0 Å². The Morgan fingerprint density at radius 2 is 2.00 bits per heavy atom. The molecule has 1 aromatic heterocycles. The first-order valence-electron chi connectivity index (χ1n) is 5.43. The fourth-order valence-electron chi connectivity index (χ4n) is 1.70. The van der Waals surface area contributed by atoms with Gasteiger partial charge in [0.1, 0.15) is 0 Å². The van der Waals surface area contributed by atoms with E-state index in [1.165, 1.54) is 5.56 Å². The van der Waals surface area contributed by atoms with Crippen LogP contribution in [-0.2, 0) is 13.5 Å². The molecule has 84 valence electrons. The van der Waals surface area contributed by atoms with Crippen molar-refractivity contribution in [1.82, 2.24) is 9.78 Å². The molecular formula is C13H15BrN2. The monoisotopic (exact) mass is 278 g/mol.